The summed E-state index contributed by atoms with van der Waals surface area (Å²) in [7, 11) is 0. The van der Waals surface area contributed by atoms with Gasteiger partial charge in [-0.15, -0.1) is 5.10 Å². The molecule has 2 aromatic heterocycles. The smallest absolute Gasteiger partial charge is 0.247 e. The Hall–Kier alpha value is -3.02. The van der Waals surface area contributed by atoms with E-state index in [2.05, 4.69) is 56.4 Å². The molecule has 6 heteroatoms. The lowest BCUT2D eigenvalue weighted by molar-refractivity contribution is 0.652. The minimum atomic E-state index is 0.257. The van der Waals surface area contributed by atoms with Crippen molar-refractivity contribution >= 4 is 11.8 Å². The summed E-state index contributed by atoms with van der Waals surface area (Å²) in [6.45, 7) is 5.59. The largest absolute Gasteiger partial charge is 0.363 e. The predicted octanol–water partition coefficient (Wildman–Crippen LogP) is 3.29. The molecule has 0 aliphatic carbocycles. The van der Waals surface area contributed by atoms with E-state index in [-0.39, 0.29) is 6.04 Å². The van der Waals surface area contributed by atoms with Gasteiger partial charge in [0.25, 0.3) is 0 Å². The van der Waals surface area contributed by atoms with Crippen molar-refractivity contribution in [3.63, 3.8) is 0 Å². The topological polar surface area (TPSA) is 66.8 Å². The van der Waals surface area contributed by atoms with E-state index in [9.17, 15) is 0 Å². The molecule has 0 spiro atoms. The molecule has 0 unspecified atom stereocenters. The van der Waals surface area contributed by atoms with E-state index >= 15 is 0 Å². The van der Waals surface area contributed by atoms with Gasteiger partial charge in [-0.3, -0.25) is 4.98 Å². The Morgan fingerprint density at radius 1 is 1.04 bits per heavy atom. The number of hydrogen-bond donors (Lipinski definition) is 1. The zero-order valence-corrected chi connectivity index (χ0v) is 14.5. The minimum absolute atomic E-state index is 0.257. The summed E-state index contributed by atoms with van der Waals surface area (Å²) in [5.41, 5.74) is 2.17. The maximum Gasteiger partial charge on any atom is 0.247 e. The Labute approximate surface area is 148 Å². The molecule has 0 saturated carbocycles. The van der Waals surface area contributed by atoms with Crippen LogP contribution in [-0.4, -0.2) is 26.2 Å². The van der Waals surface area contributed by atoms with E-state index in [1.54, 1.807) is 12.4 Å². The van der Waals surface area contributed by atoms with E-state index in [4.69, 9.17) is 0 Å². The van der Waals surface area contributed by atoms with Crippen molar-refractivity contribution in [1.82, 2.24) is 20.2 Å². The van der Waals surface area contributed by atoms with Crippen molar-refractivity contribution in [1.29, 1.82) is 0 Å². The molecule has 6 nitrogen and oxygen atoms in total. The van der Waals surface area contributed by atoms with Gasteiger partial charge < -0.3 is 10.2 Å². The fourth-order valence-corrected chi connectivity index (χ4v) is 2.45. The second-order valence-electron chi connectivity index (χ2n) is 6.02. The third-order valence-electron chi connectivity index (χ3n) is 3.80. The number of aromatic nitrogens is 4. The van der Waals surface area contributed by atoms with E-state index in [0.29, 0.717) is 18.3 Å². The Kier molecular flexibility index (Phi) is 5.51. The summed E-state index contributed by atoms with van der Waals surface area (Å²) in [5, 5.41) is 11.6. The second-order valence-corrected chi connectivity index (χ2v) is 6.02. The van der Waals surface area contributed by atoms with Crippen LogP contribution in [0, 0.1) is 0 Å². The van der Waals surface area contributed by atoms with Gasteiger partial charge in [-0.25, -0.2) is 0 Å². The molecule has 3 aromatic rings. The molecule has 1 N–H and O–H groups in total. The Morgan fingerprint density at radius 2 is 1.84 bits per heavy atom. The molecular weight excluding hydrogens is 312 g/mol. The third-order valence-corrected chi connectivity index (χ3v) is 3.80. The molecule has 0 fully saturated rings. The van der Waals surface area contributed by atoms with E-state index < -0.39 is 0 Å². The molecule has 0 saturated heterocycles. The summed E-state index contributed by atoms with van der Waals surface area (Å²) < 4.78 is 0. The molecule has 0 radical (unpaired) electrons. The highest BCUT2D eigenvalue weighted by atomic mass is 15.3. The molecular formula is C19H22N6. The van der Waals surface area contributed by atoms with E-state index in [1.165, 1.54) is 5.56 Å². The molecule has 0 amide bonds. The minimum Gasteiger partial charge on any atom is -0.363 e. The first-order valence-corrected chi connectivity index (χ1v) is 8.36. The Balaban J connectivity index is 1.73. The second kappa shape index (κ2) is 8.19. The molecule has 0 aliphatic heterocycles. The zero-order chi connectivity index (χ0) is 17.5. The fourth-order valence-electron chi connectivity index (χ4n) is 2.45. The molecule has 128 valence electrons. The first-order chi connectivity index (χ1) is 12.2. The normalized spacial score (nSPS) is 10.7. The highest BCUT2D eigenvalue weighted by Gasteiger charge is 2.15. The van der Waals surface area contributed by atoms with Gasteiger partial charge >= 0.3 is 0 Å². The summed E-state index contributed by atoms with van der Waals surface area (Å²) >= 11 is 0. The van der Waals surface area contributed by atoms with Crippen LogP contribution < -0.4 is 10.2 Å². The average molecular weight is 334 g/mol. The van der Waals surface area contributed by atoms with Crippen LogP contribution in [0.3, 0.4) is 0 Å². The molecule has 0 aliphatic rings. The quantitative estimate of drug-likeness (QED) is 0.715. The van der Waals surface area contributed by atoms with Gasteiger partial charge in [0.2, 0.25) is 5.95 Å². The molecule has 1 aromatic carbocycles. The third kappa shape index (κ3) is 4.73. The van der Waals surface area contributed by atoms with Gasteiger partial charge in [0.05, 0.1) is 18.4 Å². The van der Waals surface area contributed by atoms with Crippen LogP contribution in [0.25, 0.3) is 0 Å². The SMILES string of the molecule is CC(C)N(Cc1ccccc1)c1nncc(NCc2ccccn2)n1. The number of nitrogens with one attached hydrogen (secondary N) is 1. The summed E-state index contributed by atoms with van der Waals surface area (Å²) in [5.74, 6) is 1.30. The molecule has 25 heavy (non-hydrogen) atoms. The predicted molar refractivity (Wildman–Crippen MR) is 99.2 cm³/mol. The van der Waals surface area contributed by atoms with E-state index in [0.717, 1.165) is 12.2 Å². The summed E-state index contributed by atoms with van der Waals surface area (Å²) in [6.07, 6.45) is 3.41. The maximum absolute atomic E-state index is 4.62. The number of rotatable bonds is 7. The number of anilines is 2. The van der Waals surface area contributed by atoms with Gasteiger partial charge in [-0.05, 0) is 31.5 Å². The molecule has 0 atom stereocenters. The zero-order valence-electron chi connectivity index (χ0n) is 14.5. The number of pyridine rings is 1. The van der Waals surface area contributed by atoms with E-state index in [1.807, 2.05) is 36.4 Å². The van der Waals surface area contributed by atoms with Crippen molar-refractivity contribution < 1.29 is 0 Å². The number of benzene rings is 1. The molecule has 0 bridgehead atoms. The Morgan fingerprint density at radius 3 is 2.56 bits per heavy atom. The maximum atomic E-state index is 4.62. The van der Waals surface area contributed by atoms with Gasteiger partial charge in [0.1, 0.15) is 0 Å². The lowest BCUT2D eigenvalue weighted by atomic mass is 10.2. The van der Waals surface area contributed by atoms with Crippen LogP contribution in [0.5, 0.6) is 0 Å². The van der Waals surface area contributed by atoms with Crippen molar-refractivity contribution in [2.24, 2.45) is 0 Å². The van der Waals surface area contributed by atoms with Crippen molar-refractivity contribution in [3.05, 3.63) is 72.2 Å². The van der Waals surface area contributed by atoms with Crippen LogP contribution in [0.15, 0.2) is 60.9 Å². The summed E-state index contributed by atoms with van der Waals surface area (Å²) in [6, 6.07) is 16.4. The average Bonchev–Trinajstić information content (AvgIpc) is 2.66. The lowest BCUT2D eigenvalue weighted by Gasteiger charge is -2.26. The highest BCUT2D eigenvalue weighted by Crippen LogP contribution is 2.16. The molecule has 3 rings (SSSR count). The van der Waals surface area contributed by atoms with Crippen LogP contribution in [0.1, 0.15) is 25.1 Å². The highest BCUT2D eigenvalue weighted by molar-refractivity contribution is 5.40. The van der Waals surface area contributed by atoms with Gasteiger partial charge in [0.15, 0.2) is 5.82 Å². The fraction of sp³-hybridized carbons (Fsp3) is 0.263. The standard InChI is InChI=1S/C19H22N6/c1-15(2)25(14-16-8-4-3-5-9-16)19-23-18(13-22-24-19)21-12-17-10-6-7-11-20-17/h3-11,13,15H,12,14H2,1-2H3,(H,21,23,24). The van der Waals surface area contributed by atoms with Crippen LogP contribution in [0.2, 0.25) is 0 Å². The van der Waals surface area contributed by atoms with Gasteiger partial charge in [-0.1, -0.05) is 36.4 Å². The van der Waals surface area contributed by atoms with Crippen LogP contribution in [-0.2, 0) is 13.1 Å². The van der Waals surface area contributed by atoms with Crippen molar-refractivity contribution in [3.8, 4) is 0 Å². The van der Waals surface area contributed by atoms with Crippen molar-refractivity contribution in [2.45, 2.75) is 33.0 Å². The monoisotopic (exact) mass is 334 g/mol. The Bertz CT molecular complexity index is 776. The first kappa shape index (κ1) is 16.8. The number of hydrogen-bond acceptors (Lipinski definition) is 6. The first-order valence-electron chi connectivity index (χ1n) is 8.36. The van der Waals surface area contributed by atoms with Crippen LogP contribution in [0.4, 0.5) is 11.8 Å². The van der Waals surface area contributed by atoms with Gasteiger partial charge in [-0.2, -0.15) is 10.1 Å². The van der Waals surface area contributed by atoms with Crippen molar-refractivity contribution in [2.75, 3.05) is 10.2 Å². The lowest BCUT2D eigenvalue weighted by Crippen LogP contribution is -2.32. The van der Waals surface area contributed by atoms with Crippen LogP contribution >= 0.6 is 0 Å². The number of nitrogens with zero attached hydrogens (tertiary/aromatic N) is 5. The summed E-state index contributed by atoms with van der Waals surface area (Å²) in [4.78, 5) is 11.1. The molecule has 2 heterocycles. The van der Waals surface area contributed by atoms with Gasteiger partial charge in [0, 0.05) is 18.8 Å².